The van der Waals surface area contributed by atoms with Crippen molar-refractivity contribution < 1.29 is 9.72 Å². The van der Waals surface area contributed by atoms with E-state index < -0.39 is 16.4 Å². The lowest BCUT2D eigenvalue weighted by Crippen LogP contribution is -2.27. The highest BCUT2D eigenvalue weighted by Crippen LogP contribution is 2.18. The van der Waals surface area contributed by atoms with Gasteiger partial charge in [0, 0.05) is 34.5 Å². The average Bonchev–Trinajstić information content (AvgIpc) is 2.64. The first-order valence-corrected chi connectivity index (χ1v) is 8.17. The third-order valence-electron chi connectivity index (χ3n) is 3.67. The standard InChI is InChI=1S/C18H13ClN4O4/c19-13-6-4-12(5-7-13)16-9-18(25)22(11-20-16)10-17(24)21-14-2-1-3-15(8-14)23(26)27/h1-9,11H,10H2,(H,21,24). The lowest BCUT2D eigenvalue weighted by molar-refractivity contribution is -0.384. The van der Waals surface area contributed by atoms with Gasteiger partial charge in [0.05, 0.1) is 16.9 Å². The summed E-state index contributed by atoms with van der Waals surface area (Å²) in [6, 6.07) is 13.7. The summed E-state index contributed by atoms with van der Waals surface area (Å²) in [5.41, 5.74) is 0.924. The van der Waals surface area contributed by atoms with Crippen molar-refractivity contribution in [2.75, 3.05) is 5.32 Å². The molecule has 0 fully saturated rings. The van der Waals surface area contributed by atoms with Crippen LogP contribution >= 0.6 is 11.6 Å². The zero-order valence-corrected chi connectivity index (χ0v) is 14.6. The molecule has 0 saturated heterocycles. The molecule has 0 aliphatic carbocycles. The van der Waals surface area contributed by atoms with E-state index in [9.17, 15) is 19.7 Å². The highest BCUT2D eigenvalue weighted by atomic mass is 35.5. The first-order chi connectivity index (χ1) is 12.9. The molecule has 9 heteroatoms. The quantitative estimate of drug-likeness (QED) is 0.537. The zero-order chi connectivity index (χ0) is 19.4. The van der Waals surface area contributed by atoms with Gasteiger partial charge in [-0.15, -0.1) is 0 Å². The van der Waals surface area contributed by atoms with Crippen LogP contribution in [0.1, 0.15) is 0 Å². The molecule has 3 aromatic rings. The summed E-state index contributed by atoms with van der Waals surface area (Å²) in [5, 5.41) is 13.9. The van der Waals surface area contributed by atoms with E-state index in [-0.39, 0.29) is 17.9 Å². The summed E-state index contributed by atoms with van der Waals surface area (Å²) in [4.78, 5) is 38.8. The first-order valence-electron chi connectivity index (χ1n) is 7.79. The van der Waals surface area contributed by atoms with Gasteiger partial charge in [-0.05, 0) is 18.2 Å². The van der Waals surface area contributed by atoms with Crippen LogP contribution in [0, 0.1) is 10.1 Å². The number of hydrogen-bond donors (Lipinski definition) is 1. The van der Waals surface area contributed by atoms with Crippen molar-refractivity contribution in [1.82, 2.24) is 9.55 Å². The predicted octanol–water partition coefficient (Wildman–Crippen LogP) is 3.11. The van der Waals surface area contributed by atoms with Crippen LogP contribution in [-0.2, 0) is 11.3 Å². The average molecular weight is 385 g/mol. The molecule has 136 valence electrons. The molecule has 0 radical (unpaired) electrons. The maximum Gasteiger partial charge on any atom is 0.271 e. The molecule has 1 heterocycles. The molecule has 1 N–H and O–H groups in total. The number of aromatic nitrogens is 2. The van der Waals surface area contributed by atoms with Crippen molar-refractivity contribution in [3.63, 3.8) is 0 Å². The second-order valence-electron chi connectivity index (χ2n) is 5.60. The van der Waals surface area contributed by atoms with Crippen LogP contribution in [-0.4, -0.2) is 20.4 Å². The van der Waals surface area contributed by atoms with Crippen LogP contribution in [0.4, 0.5) is 11.4 Å². The minimum Gasteiger partial charge on any atom is -0.324 e. The van der Waals surface area contributed by atoms with Crippen LogP contribution < -0.4 is 10.9 Å². The molecular formula is C18H13ClN4O4. The molecule has 0 saturated carbocycles. The molecule has 27 heavy (non-hydrogen) atoms. The Labute approximate surface area is 158 Å². The van der Waals surface area contributed by atoms with Crippen molar-refractivity contribution in [3.05, 3.63) is 86.4 Å². The second-order valence-corrected chi connectivity index (χ2v) is 6.04. The molecule has 0 aliphatic heterocycles. The normalized spacial score (nSPS) is 10.4. The van der Waals surface area contributed by atoms with E-state index in [0.29, 0.717) is 10.7 Å². The SMILES string of the molecule is O=C(Cn1cnc(-c2ccc(Cl)cc2)cc1=O)Nc1cccc([N+](=O)[O-])c1. The van der Waals surface area contributed by atoms with E-state index >= 15 is 0 Å². The number of nitrogens with one attached hydrogen (secondary N) is 1. The van der Waals surface area contributed by atoms with Crippen LogP contribution in [0.25, 0.3) is 11.3 Å². The number of carbonyl (C=O) groups is 1. The molecule has 1 amide bonds. The summed E-state index contributed by atoms with van der Waals surface area (Å²) < 4.78 is 1.14. The van der Waals surface area contributed by atoms with E-state index in [2.05, 4.69) is 10.3 Å². The molecular weight excluding hydrogens is 372 g/mol. The molecule has 3 rings (SSSR count). The Morgan fingerprint density at radius 1 is 1.19 bits per heavy atom. The Hall–Kier alpha value is -3.52. The van der Waals surface area contributed by atoms with Gasteiger partial charge in [-0.1, -0.05) is 29.8 Å². The lowest BCUT2D eigenvalue weighted by atomic mass is 10.1. The highest BCUT2D eigenvalue weighted by Gasteiger charge is 2.10. The van der Waals surface area contributed by atoms with E-state index in [4.69, 9.17) is 11.6 Å². The number of rotatable bonds is 5. The number of anilines is 1. The van der Waals surface area contributed by atoms with Crippen molar-refractivity contribution in [1.29, 1.82) is 0 Å². The number of non-ortho nitro benzene ring substituents is 1. The van der Waals surface area contributed by atoms with Gasteiger partial charge in [0.2, 0.25) is 5.91 Å². The zero-order valence-electron chi connectivity index (χ0n) is 13.8. The summed E-state index contributed by atoms with van der Waals surface area (Å²) in [6.45, 7) is -0.268. The number of nitro benzene ring substituents is 1. The van der Waals surface area contributed by atoms with E-state index in [1.807, 2.05) is 0 Å². The van der Waals surface area contributed by atoms with Crippen LogP contribution in [0.2, 0.25) is 5.02 Å². The second kappa shape index (κ2) is 7.79. The van der Waals surface area contributed by atoms with Gasteiger partial charge in [0.1, 0.15) is 6.54 Å². The molecule has 0 bridgehead atoms. The summed E-state index contributed by atoms with van der Waals surface area (Å²) in [7, 11) is 0. The summed E-state index contributed by atoms with van der Waals surface area (Å²) in [6.07, 6.45) is 1.28. The Balaban J connectivity index is 1.73. The van der Waals surface area contributed by atoms with Crippen LogP contribution in [0.5, 0.6) is 0 Å². The van der Waals surface area contributed by atoms with Crippen LogP contribution in [0.15, 0.2) is 65.7 Å². The molecule has 0 spiro atoms. The Morgan fingerprint density at radius 2 is 1.93 bits per heavy atom. The number of amides is 1. The van der Waals surface area contributed by atoms with Gasteiger partial charge in [-0.2, -0.15) is 0 Å². The van der Waals surface area contributed by atoms with Crippen molar-refractivity contribution in [3.8, 4) is 11.3 Å². The smallest absolute Gasteiger partial charge is 0.271 e. The number of halogens is 1. The van der Waals surface area contributed by atoms with Gasteiger partial charge in [-0.25, -0.2) is 4.98 Å². The Kier molecular flexibility index (Phi) is 5.28. The maximum atomic E-state index is 12.2. The Bertz CT molecular complexity index is 1060. The Morgan fingerprint density at radius 3 is 2.59 bits per heavy atom. The van der Waals surface area contributed by atoms with Crippen molar-refractivity contribution >= 4 is 28.9 Å². The molecule has 2 aromatic carbocycles. The summed E-state index contributed by atoms with van der Waals surface area (Å²) in [5.74, 6) is -0.501. The third-order valence-corrected chi connectivity index (χ3v) is 3.93. The minimum atomic E-state index is -0.556. The fourth-order valence-corrected chi connectivity index (χ4v) is 2.50. The topological polar surface area (TPSA) is 107 Å². The summed E-state index contributed by atoms with van der Waals surface area (Å²) >= 11 is 5.84. The highest BCUT2D eigenvalue weighted by molar-refractivity contribution is 6.30. The fraction of sp³-hybridized carbons (Fsp3) is 0.0556. The van der Waals surface area contributed by atoms with Gasteiger partial charge >= 0.3 is 0 Å². The predicted molar refractivity (Wildman–Crippen MR) is 101 cm³/mol. The molecule has 8 nitrogen and oxygen atoms in total. The molecule has 0 unspecified atom stereocenters. The number of hydrogen-bond acceptors (Lipinski definition) is 5. The molecule has 1 aromatic heterocycles. The lowest BCUT2D eigenvalue weighted by Gasteiger charge is -2.08. The van der Waals surface area contributed by atoms with Gasteiger partial charge < -0.3 is 5.32 Å². The molecule has 0 atom stereocenters. The monoisotopic (exact) mass is 384 g/mol. The molecule has 0 aliphatic rings. The van der Waals surface area contributed by atoms with Gasteiger partial charge in [0.25, 0.3) is 11.2 Å². The largest absolute Gasteiger partial charge is 0.324 e. The number of nitrogens with zero attached hydrogens (tertiary/aromatic N) is 3. The number of carbonyl (C=O) groups excluding carboxylic acids is 1. The van der Waals surface area contributed by atoms with Crippen molar-refractivity contribution in [2.24, 2.45) is 0 Å². The van der Waals surface area contributed by atoms with Crippen LogP contribution in [0.3, 0.4) is 0 Å². The van der Waals surface area contributed by atoms with E-state index in [0.717, 1.165) is 10.1 Å². The van der Waals surface area contributed by atoms with Crippen molar-refractivity contribution in [2.45, 2.75) is 6.54 Å². The third kappa shape index (κ3) is 4.56. The number of nitro groups is 1. The minimum absolute atomic E-state index is 0.140. The maximum absolute atomic E-state index is 12.2. The van der Waals surface area contributed by atoms with E-state index in [1.54, 1.807) is 24.3 Å². The van der Waals surface area contributed by atoms with E-state index in [1.165, 1.54) is 36.7 Å². The van der Waals surface area contributed by atoms with Gasteiger partial charge in [0.15, 0.2) is 0 Å². The first kappa shape index (κ1) is 18.3. The fourth-order valence-electron chi connectivity index (χ4n) is 2.38. The number of benzene rings is 2. The van der Waals surface area contributed by atoms with Gasteiger partial charge in [-0.3, -0.25) is 24.3 Å².